The summed E-state index contributed by atoms with van der Waals surface area (Å²) in [6, 6.07) is 11.6. The molecule has 1 saturated carbocycles. The van der Waals surface area contributed by atoms with Crippen molar-refractivity contribution in [3.05, 3.63) is 72.1 Å². The number of benzene rings is 2. The van der Waals surface area contributed by atoms with Crippen LogP contribution in [0.25, 0.3) is 22.3 Å². The molecule has 11 heteroatoms. The number of rotatable bonds is 6. The van der Waals surface area contributed by atoms with E-state index in [1.165, 1.54) is 6.33 Å². The van der Waals surface area contributed by atoms with Gasteiger partial charge in [-0.1, -0.05) is 6.08 Å². The van der Waals surface area contributed by atoms with E-state index in [0.29, 0.717) is 47.0 Å². The van der Waals surface area contributed by atoms with Crippen LogP contribution in [0.15, 0.2) is 60.4 Å². The smallest absolute Gasteiger partial charge is 0.264 e. The van der Waals surface area contributed by atoms with Crippen molar-refractivity contribution < 1.29 is 18.3 Å². The summed E-state index contributed by atoms with van der Waals surface area (Å²) in [6.45, 7) is 0.949. The summed E-state index contributed by atoms with van der Waals surface area (Å²) in [6.07, 6.45) is 6.71. The number of ether oxygens (including phenoxy) is 1. The Morgan fingerprint density at radius 2 is 1.93 bits per heavy atom. The summed E-state index contributed by atoms with van der Waals surface area (Å²) in [5.74, 6) is -0.859. The number of nitrogens with zero attached hydrogens (tertiary/aromatic N) is 6. The molecule has 1 aliphatic carbocycles. The van der Waals surface area contributed by atoms with E-state index in [2.05, 4.69) is 16.0 Å². The Kier molecular flexibility index (Phi) is 6.59. The number of amides is 1. The number of nitrogen functional groups attached to an aromatic ring is 1. The largest absolute Gasteiger partial charge is 0.454 e. The van der Waals surface area contributed by atoms with Crippen molar-refractivity contribution in [3.8, 4) is 28.8 Å². The van der Waals surface area contributed by atoms with Gasteiger partial charge in [-0.3, -0.25) is 4.79 Å². The first-order valence-corrected chi connectivity index (χ1v) is 13.0. The highest BCUT2D eigenvalue weighted by molar-refractivity contribution is 5.99. The van der Waals surface area contributed by atoms with E-state index in [9.17, 15) is 18.8 Å². The highest BCUT2D eigenvalue weighted by atomic mass is 19.1. The van der Waals surface area contributed by atoms with Crippen LogP contribution in [-0.2, 0) is 4.79 Å². The van der Waals surface area contributed by atoms with Gasteiger partial charge in [0.2, 0.25) is 0 Å². The fraction of sp³-hybridized carbons (Fsp3) is 0.276. The molecule has 4 aromatic rings. The van der Waals surface area contributed by atoms with Gasteiger partial charge in [0, 0.05) is 24.7 Å². The molecule has 2 fully saturated rings. The van der Waals surface area contributed by atoms with E-state index in [1.54, 1.807) is 39.9 Å². The van der Waals surface area contributed by atoms with Gasteiger partial charge in [-0.15, -0.1) is 0 Å². The number of likely N-dealkylation sites (tertiary alicyclic amines) is 1. The predicted molar refractivity (Wildman–Crippen MR) is 143 cm³/mol. The van der Waals surface area contributed by atoms with Crippen LogP contribution in [-0.4, -0.2) is 43.6 Å². The van der Waals surface area contributed by atoms with Crippen LogP contribution in [0.2, 0.25) is 0 Å². The Balaban J connectivity index is 1.30. The fourth-order valence-electron chi connectivity index (χ4n) is 4.98. The molecule has 3 heterocycles. The number of hydrogen-bond acceptors (Lipinski definition) is 7. The van der Waals surface area contributed by atoms with Crippen LogP contribution >= 0.6 is 0 Å². The van der Waals surface area contributed by atoms with Crippen molar-refractivity contribution in [1.82, 2.24) is 24.6 Å². The van der Waals surface area contributed by atoms with Gasteiger partial charge in [0.25, 0.3) is 5.91 Å². The fourth-order valence-corrected chi connectivity index (χ4v) is 4.98. The monoisotopic (exact) mass is 541 g/mol. The van der Waals surface area contributed by atoms with Gasteiger partial charge in [0.15, 0.2) is 17.2 Å². The van der Waals surface area contributed by atoms with Gasteiger partial charge in [0.1, 0.15) is 41.0 Å². The zero-order valence-electron chi connectivity index (χ0n) is 21.4. The predicted octanol–water partition coefficient (Wildman–Crippen LogP) is 5.17. The Bertz CT molecular complexity index is 1670. The molecule has 40 heavy (non-hydrogen) atoms. The van der Waals surface area contributed by atoms with E-state index in [4.69, 9.17) is 15.6 Å². The number of aromatic nitrogens is 4. The number of allylic oxidation sites excluding steroid dienone is 1. The molecular formula is C29H25F2N7O2. The van der Waals surface area contributed by atoms with Crippen LogP contribution in [0.4, 0.5) is 14.6 Å². The lowest BCUT2D eigenvalue weighted by molar-refractivity contribution is -0.128. The van der Waals surface area contributed by atoms with Gasteiger partial charge in [0.05, 0.1) is 11.4 Å². The standard InChI is InChI=1S/C29H25F2N7O2/c30-20-7-10-23(31)24(13-20)40-22-8-5-18(6-9-22)26-25-27(33)34-16-35-28(25)38(36-26)21-2-1-11-37(15-21)29(39)19(14-32)12-17-3-4-17/h5-10,12-13,16-17,21H,1-4,11,15H2,(H2,33,34,35). The lowest BCUT2D eigenvalue weighted by Crippen LogP contribution is -2.41. The molecule has 2 aromatic heterocycles. The summed E-state index contributed by atoms with van der Waals surface area (Å²) in [5, 5.41) is 15.0. The second-order valence-corrected chi connectivity index (χ2v) is 10.0. The topological polar surface area (TPSA) is 123 Å². The van der Waals surface area contributed by atoms with E-state index in [0.717, 1.165) is 43.9 Å². The number of hydrogen-bond donors (Lipinski definition) is 1. The Hall–Kier alpha value is -4.85. The van der Waals surface area contributed by atoms with E-state index in [1.807, 2.05) is 0 Å². The summed E-state index contributed by atoms with van der Waals surface area (Å²) in [7, 11) is 0. The molecule has 6 rings (SSSR count). The average Bonchev–Trinajstić information content (AvgIpc) is 3.71. The van der Waals surface area contributed by atoms with Gasteiger partial charge in [-0.25, -0.2) is 23.4 Å². The minimum absolute atomic E-state index is 0.178. The van der Waals surface area contributed by atoms with E-state index >= 15 is 0 Å². The van der Waals surface area contributed by atoms with Gasteiger partial charge in [-0.2, -0.15) is 10.4 Å². The van der Waals surface area contributed by atoms with Crippen molar-refractivity contribution in [2.24, 2.45) is 5.92 Å². The number of nitriles is 1. The Morgan fingerprint density at radius 1 is 1.12 bits per heavy atom. The number of halogens is 2. The molecule has 1 atom stereocenters. The first-order valence-electron chi connectivity index (χ1n) is 13.0. The second kappa shape index (κ2) is 10.4. The van der Waals surface area contributed by atoms with Crippen LogP contribution in [0, 0.1) is 28.9 Å². The summed E-state index contributed by atoms with van der Waals surface area (Å²) < 4.78 is 34.9. The molecule has 2 aromatic carbocycles. The van der Waals surface area contributed by atoms with Crippen LogP contribution in [0.1, 0.15) is 31.7 Å². The first kappa shape index (κ1) is 25.4. The molecule has 1 saturated heterocycles. The minimum Gasteiger partial charge on any atom is -0.454 e. The number of carbonyl (C=O) groups is 1. The molecule has 2 aliphatic rings. The highest BCUT2D eigenvalue weighted by Crippen LogP contribution is 2.36. The van der Waals surface area contributed by atoms with Crippen molar-refractivity contribution in [1.29, 1.82) is 5.26 Å². The van der Waals surface area contributed by atoms with Crippen LogP contribution in [0.5, 0.6) is 11.5 Å². The number of fused-ring (bicyclic) bond motifs is 1. The minimum atomic E-state index is -0.676. The number of carbonyl (C=O) groups excluding carboxylic acids is 1. The number of piperidine rings is 1. The molecule has 1 aliphatic heterocycles. The third-order valence-electron chi connectivity index (χ3n) is 7.17. The normalized spacial score (nSPS) is 17.6. The van der Waals surface area contributed by atoms with Crippen LogP contribution < -0.4 is 10.5 Å². The quantitative estimate of drug-likeness (QED) is 0.264. The maximum absolute atomic E-state index is 14.0. The molecule has 1 amide bonds. The summed E-state index contributed by atoms with van der Waals surface area (Å²) >= 11 is 0. The highest BCUT2D eigenvalue weighted by Gasteiger charge is 2.31. The Labute approximate surface area is 228 Å². The number of nitrogens with two attached hydrogens (primary N) is 1. The SMILES string of the molecule is N#CC(=CC1CC1)C(=O)N1CCCC(n2nc(-c3ccc(Oc4cc(F)ccc4F)cc3)c3c(N)ncnc32)C1. The maximum Gasteiger partial charge on any atom is 0.264 e. The third-order valence-corrected chi connectivity index (χ3v) is 7.17. The molecular weight excluding hydrogens is 516 g/mol. The van der Waals surface area contributed by atoms with Gasteiger partial charge >= 0.3 is 0 Å². The molecule has 202 valence electrons. The van der Waals surface area contributed by atoms with Crippen molar-refractivity contribution in [3.63, 3.8) is 0 Å². The van der Waals surface area contributed by atoms with Gasteiger partial charge in [-0.05, 0) is 68.0 Å². The zero-order valence-corrected chi connectivity index (χ0v) is 21.4. The zero-order chi connectivity index (χ0) is 27.8. The third kappa shape index (κ3) is 4.96. The first-order chi connectivity index (χ1) is 19.4. The summed E-state index contributed by atoms with van der Waals surface area (Å²) in [4.78, 5) is 23.5. The molecule has 0 bridgehead atoms. The van der Waals surface area contributed by atoms with Crippen molar-refractivity contribution in [2.45, 2.75) is 31.7 Å². The van der Waals surface area contributed by atoms with Crippen LogP contribution in [0.3, 0.4) is 0 Å². The van der Waals surface area contributed by atoms with E-state index in [-0.39, 0.29) is 29.1 Å². The lowest BCUT2D eigenvalue weighted by atomic mass is 10.0. The van der Waals surface area contributed by atoms with Gasteiger partial charge < -0.3 is 15.4 Å². The molecule has 1 unspecified atom stereocenters. The van der Waals surface area contributed by atoms with Crippen molar-refractivity contribution >= 4 is 22.8 Å². The lowest BCUT2D eigenvalue weighted by Gasteiger charge is -2.32. The maximum atomic E-state index is 14.0. The molecule has 0 radical (unpaired) electrons. The van der Waals surface area contributed by atoms with Crippen molar-refractivity contribution in [2.75, 3.05) is 18.8 Å². The number of anilines is 1. The average molecular weight is 542 g/mol. The second-order valence-electron chi connectivity index (χ2n) is 10.0. The molecule has 2 N–H and O–H groups in total. The Morgan fingerprint density at radius 3 is 2.67 bits per heavy atom. The van der Waals surface area contributed by atoms with E-state index < -0.39 is 11.6 Å². The molecule has 0 spiro atoms. The summed E-state index contributed by atoms with van der Waals surface area (Å²) in [5.41, 5.74) is 8.25. The molecule has 9 nitrogen and oxygen atoms in total.